The molecule has 0 spiro atoms. The van der Waals surface area contributed by atoms with Crippen molar-refractivity contribution in [2.24, 2.45) is 5.73 Å². The van der Waals surface area contributed by atoms with Gasteiger partial charge in [0.25, 0.3) is 0 Å². The van der Waals surface area contributed by atoms with Crippen LogP contribution in [0.1, 0.15) is 23.7 Å². The van der Waals surface area contributed by atoms with Gasteiger partial charge in [-0.1, -0.05) is 30.4 Å². The highest BCUT2D eigenvalue weighted by Gasteiger charge is 2.22. The van der Waals surface area contributed by atoms with E-state index in [1.54, 1.807) is 24.3 Å². The molecule has 4 N–H and O–H groups in total. The standard InChI is InChI=1S/C12H15NO4S/c1-17-10(15)6-9(14)11(16)7-3-2-4-8(5-7)12(13)18/h2-5,9,11,14,16H,6H2,1H3,(H2,13,18). The van der Waals surface area contributed by atoms with Gasteiger partial charge in [-0.3, -0.25) is 4.79 Å². The highest BCUT2D eigenvalue weighted by molar-refractivity contribution is 7.80. The van der Waals surface area contributed by atoms with Crippen LogP contribution < -0.4 is 5.73 Å². The lowest BCUT2D eigenvalue weighted by atomic mass is 10.00. The van der Waals surface area contributed by atoms with Gasteiger partial charge >= 0.3 is 5.97 Å². The molecule has 0 heterocycles. The Morgan fingerprint density at radius 3 is 2.72 bits per heavy atom. The second-order valence-electron chi connectivity index (χ2n) is 3.78. The van der Waals surface area contributed by atoms with Crippen LogP contribution in [0.4, 0.5) is 0 Å². The molecule has 18 heavy (non-hydrogen) atoms. The number of aliphatic hydroxyl groups excluding tert-OH is 2. The van der Waals surface area contributed by atoms with Crippen molar-refractivity contribution < 1.29 is 19.7 Å². The largest absolute Gasteiger partial charge is 0.469 e. The lowest BCUT2D eigenvalue weighted by Crippen LogP contribution is -2.23. The number of aliphatic hydroxyl groups is 2. The average Bonchev–Trinajstić information content (AvgIpc) is 2.37. The maximum absolute atomic E-state index is 11.0. The van der Waals surface area contributed by atoms with E-state index in [2.05, 4.69) is 4.74 Å². The van der Waals surface area contributed by atoms with Crippen LogP contribution in [0.25, 0.3) is 0 Å². The van der Waals surface area contributed by atoms with Gasteiger partial charge < -0.3 is 20.7 Å². The van der Waals surface area contributed by atoms with Crippen LogP contribution in [-0.4, -0.2) is 34.4 Å². The predicted octanol–water partition coefficient (Wildman–Crippen LogP) is 0.278. The summed E-state index contributed by atoms with van der Waals surface area (Å²) in [5.41, 5.74) is 6.51. The Kier molecular flexibility index (Phi) is 5.21. The normalized spacial score (nSPS) is 13.7. The number of ether oxygens (including phenoxy) is 1. The van der Waals surface area contributed by atoms with Crippen LogP contribution in [0, 0.1) is 0 Å². The van der Waals surface area contributed by atoms with E-state index >= 15 is 0 Å². The van der Waals surface area contributed by atoms with Gasteiger partial charge in [-0.25, -0.2) is 0 Å². The zero-order valence-electron chi connectivity index (χ0n) is 9.87. The summed E-state index contributed by atoms with van der Waals surface area (Å²) in [7, 11) is 1.22. The van der Waals surface area contributed by atoms with Crippen molar-refractivity contribution >= 4 is 23.2 Å². The summed E-state index contributed by atoms with van der Waals surface area (Å²) in [6.45, 7) is 0. The molecule has 1 aromatic rings. The molecule has 0 aliphatic rings. The first-order valence-electron chi connectivity index (χ1n) is 5.28. The molecule has 2 unspecified atom stereocenters. The third-order valence-electron chi connectivity index (χ3n) is 2.48. The molecule has 0 saturated heterocycles. The van der Waals surface area contributed by atoms with Crippen LogP contribution in [0.2, 0.25) is 0 Å². The summed E-state index contributed by atoms with van der Waals surface area (Å²) < 4.78 is 4.42. The molecule has 0 amide bonds. The molecule has 0 aromatic heterocycles. The Hall–Kier alpha value is -1.50. The minimum atomic E-state index is -1.24. The van der Waals surface area contributed by atoms with E-state index in [0.717, 1.165) is 0 Å². The van der Waals surface area contributed by atoms with Crippen molar-refractivity contribution in [3.63, 3.8) is 0 Å². The zero-order chi connectivity index (χ0) is 13.7. The molecule has 6 heteroatoms. The number of rotatable bonds is 5. The average molecular weight is 269 g/mol. The van der Waals surface area contributed by atoms with E-state index in [0.29, 0.717) is 11.1 Å². The summed E-state index contributed by atoms with van der Waals surface area (Å²) >= 11 is 4.82. The summed E-state index contributed by atoms with van der Waals surface area (Å²) in [4.78, 5) is 11.2. The highest BCUT2D eigenvalue weighted by atomic mass is 32.1. The Morgan fingerprint density at radius 1 is 1.50 bits per heavy atom. The highest BCUT2D eigenvalue weighted by Crippen LogP contribution is 2.20. The number of methoxy groups -OCH3 is 1. The number of thiocarbonyl (C=S) groups is 1. The topological polar surface area (TPSA) is 92.8 Å². The first-order chi connectivity index (χ1) is 8.45. The maximum atomic E-state index is 11.0. The molecule has 1 aromatic carbocycles. The second-order valence-corrected chi connectivity index (χ2v) is 4.22. The van der Waals surface area contributed by atoms with E-state index in [4.69, 9.17) is 18.0 Å². The fourth-order valence-corrected chi connectivity index (χ4v) is 1.59. The van der Waals surface area contributed by atoms with Gasteiger partial charge in [-0.05, 0) is 11.6 Å². The van der Waals surface area contributed by atoms with Crippen molar-refractivity contribution in [1.29, 1.82) is 0 Å². The van der Waals surface area contributed by atoms with Crippen molar-refractivity contribution in [3.05, 3.63) is 35.4 Å². The van der Waals surface area contributed by atoms with Crippen molar-refractivity contribution in [3.8, 4) is 0 Å². The number of carbonyl (C=O) groups excluding carboxylic acids is 1. The summed E-state index contributed by atoms with van der Waals surface area (Å²) in [6, 6.07) is 6.56. The third kappa shape index (κ3) is 3.76. The van der Waals surface area contributed by atoms with Gasteiger partial charge in [0.1, 0.15) is 11.1 Å². The Bertz CT molecular complexity index is 449. The van der Waals surface area contributed by atoms with Crippen molar-refractivity contribution in [2.45, 2.75) is 18.6 Å². The molecular weight excluding hydrogens is 254 g/mol. The number of hydrogen-bond donors (Lipinski definition) is 3. The van der Waals surface area contributed by atoms with E-state index in [1.165, 1.54) is 7.11 Å². The van der Waals surface area contributed by atoms with E-state index in [9.17, 15) is 15.0 Å². The number of benzene rings is 1. The number of hydrogen-bond acceptors (Lipinski definition) is 5. The quantitative estimate of drug-likeness (QED) is 0.525. The van der Waals surface area contributed by atoms with E-state index in [1.807, 2.05) is 0 Å². The molecule has 0 aliphatic carbocycles. The molecule has 2 atom stereocenters. The molecular formula is C12H15NO4S. The van der Waals surface area contributed by atoms with Gasteiger partial charge in [-0.2, -0.15) is 0 Å². The molecule has 0 saturated carbocycles. The van der Waals surface area contributed by atoms with Crippen LogP contribution >= 0.6 is 12.2 Å². The van der Waals surface area contributed by atoms with Crippen LogP contribution in [-0.2, 0) is 9.53 Å². The van der Waals surface area contributed by atoms with E-state index < -0.39 is 18.2 Å². The third-order valence-corrected chi connectivity index (χ3v) is 2.72. The van der Waals surface area contributed by atoms with Gasteiger partial charge in [0, 0.05) is 5.56 Å². The molecule has 98 valence electrons. The molecule has 5 nitrogen and oxygen atoms in total. The lowest BCUT2D eigenvalue weighted by molar-refractivity contribution is -0.144. The minimum absolute atomic E-state index is 0.200. The fourth-order valence-electron chi connectivity index (χ4n) is 1.46. The van der Waals surface area contributed by atoms with Gasteiger partial charge in [0.15, 0.2) is 0 Å². The van der Waals surface area contributed by atoms with Crippen LogP contribution in [0.15, 0.2) is 24.3 Å². The van der Waals surface area contributed by atoms with Gasteiger partial charge in [0.05, 0.1) is 19.6 Å². The first kappa shape index (κ1) is 14.6. The Balaban J connectivity index is 2.82. The first-order valence-corrected chi connectivity index (χ1v) is 5.69. The molecule has 0 radical (unpaired) electrons. The summed E-state index contributed by atoms with van der Waals surface area (Å²) in [6.07, 6.45) is -2.72. The van der Waals surface area contributed by atoms with E-state index in [-0.39, 0.29) is 11.4 Å². The molecule has 0 bridgehead atoms. The van der Waals surface area contributed by atoms with Crippen LogP contribution in [0.3, 0.4) is 0 Å². The monoisotopic (exact) mass is 269 g/mol. The molecule has 0 fully saturated rings. The molecule has 1 rings (SSSR count). The number of nitrogens with two attached hydrogens (primary N) is 1. The number of esters is 1. The predicted molar refractivity (Wildman–Crippen MR) is 69.9 cm³/mol. The fraction of sp³-hybridized carbons (Fsp3) is 0.333. The zero-order valence-corrected chi connectivity index (χ0v) is 10.7. The Labute approximate surface area is 110 Å². The molecule has 0 aliphatic heterocycles. The van der Waals surface area contributed by atoms with Crippen molar-refractivity contribution in [2.75, 3.05) is 7.11 Å². The smallest absolute Gasteiger partial charge is 0.308 e. The van der Waals surface area contributed by atoms with Gasteiger partial charge in [0.2, 0.25) is 0 Å². The second kappa shape index (κ2) is 6.44. The SMILES string of the molecule is COC(=O)CC(O)C(O)c1cccc(C(N)=S)c1. The summed E-state index contributed by atoms with van der Waals surface area (Å²) in [5.74, 6) is -0.591. The Morgan fingerprint density at radius 2 is 2.17 bits per heavy atom. The summed E-state index contributed by atoms with van der Waals surface area (Å²) in [5, 5.41) is 19.6. The minimum Gasteiger partial charge on any atom is -0.469 e. The lowest BCUT2D eigenvalue weighted by Gasteiger charge is -2.17. The van der Waals surface area contributed by atoms with Crippen molar-refractivity contribution in [1.82, 2.24) is 0 Å². The maximum Gasteiger partial charge on any atom is 0.308 e. The number of carbonyl (C=O) groups is 1. The van der Waals surface area contributed by atoms with Crippen LogP contribution in [0.5, 0.6) is 0 Å². The van der Waals surface area contributed by atoms with Gasteiger partial charge in [-0.15, -0.1) is 0 Å².